The highest BCUT2D eigenvalue weighted by Gasteiger charge is 2.08. The summed E-state index contributed by atoms with van der Waals surface area (Å²) >= 11 is 5.22. The number of methoxy groups -OCH3 is 1. The van der Waals surface area contributed by atoms with Crippen molar-refractivity contribution in [3.05, 3.63) is 40.3 Å². The topological polar surface area (TPSA) is 47.1 Å². The first-order valence-electron chi connectivity index (χ1n) is 6.47. The fraction of sp³-hybridized carbons (Fsp3) is 0.333. The molecule has 0 atom stereocenters. The third kappa shape index (κ3) is 3.43. The molecule has 4 nitrogen and oxygen atoms in total. The Balaban J connectivity index is 2.49. The van der Waals surface area contributed by atoms with E-state index in [4.69, 9.17) is 21.7 Å². The second-order valence-electron chi connectivity index (χ2n) is 4.42. The van der Waals surface area contributed by atoms with Crippen LogP contribution in [0.2, 0.25) is 0 Å². The fourth-order valence-electron chi connectivity index (χ4n) is 1.95. The van der Waals surface area contributed by atoms with Crippen LogP contribution in [0, 0.1) is 11.6 Å². The molecule has 0 spiro atoms. The summed E-state index contributed by atoms with van der Waals surface area (Å²) in [7, 11) is 1.66. The maximum atomic E-state index is 5.41. The minimum absolute atomic E-state index is 0.419. The van der Waals surface area contributed by atoms with E-state index in [2.05, 4.69) is 16.0 Å². The van der Waals surface area contributed by atoms with Gasteiger partial charge in [0.2, 0.25) is 0 Å². The minimum atomic E-state index is 0.419. The first kappa shape index (κ1) is 14.7. The van der Waals surface area contributed by atoms with Gasteiger partial charge >= 0.3 is 0 Å². The van der Waals surface area contributed by atoms with E-state index in [1.165, 1.54) is 0 Å². The van der Waals surface area contributed by atoms with Crippen molar-refractivity contribution in [2.75, 3.05) is 13.7 Å². The lowest BCUT2D eigenvalue weighted by Crippen LogP contribution is -2.01. The first-order valence-corrected chi connectivity index (χ1v) is 6.88. The number of hydrogen-bond acceptors (Lipinski definition) is 4. The zero-order chi connectivity index (χ0) is 14.5. The molecule has 1 N–H and O–H groups in total. The molecule has 0 saturated heterocycles. The summed E-state index contributed by atoms with van der Waals surface area (Å²) in [5, 5.41) is 0. The van der Waals surface area contributed by atoms with Crippen LogP contribution < -0.4 is 4.74 Å². The normalized spacial score (nSPS) is 10.6. The Kier molecular flexibility index (Phi) is 4.87. The summed E-state index contributed by atoms with van der Waals surface area (Å²) in [6.45, 7) is 5.05. The maximum absolute atomic E-state index is 5.41. The van der Waals surface area contributed by atoms with Crippen LogP contribution >= 0.6 is 12.2 Å². The molecule has 0 aliphatic rings. The van der Waals surface area contributed by atoms with E-state index in [-0.39, 0.29) is 0 Å². The number of aromatic amines is 1. The molecule has 1 heterocycles. The average molecular weight is 290 g/mol. The number of nitrogens with one attached hydrogen (secondary N) is 1. The van der Waals surface area contributed by atoms with Gasteiger partial charge in [0, 0.05) is 12.2 Å². The highest BCUT2D eigenvalue weighted by Crippen LogP contribution is 2.29. The summed E-state index contributed by atoms with van der Waals surface area (Å²) in [5.74, 6) is 1.52. The Morgan fingerprint density at radius 2 is 2.10 bits per heavy atom. The average Bonchev–Trinajstić information content (AvgIpc) is 2.44. The quantitative estimate of drug-likeness (QED) is 0.854. The molecule has 0 amide bonds. The van der Waals surface area contributed by atoms with Crippen molar-refractivity contribution in [1.82, 2.24) is 9.97 Å². The molecule has 0 aliphatic carbocycles. The lowest BCUT2D eigenvalue weighted by atomic mass is 10.1. The maximum Gasteiger partial charge on any atom is 0.134 e. The molecule has 0 aliphatic heterocycles. The molecule has 0 bridgehead atoms. The van der Waals surface area contributed by atoms with Crippen molar-refractivity contribution in [1.29, 1.82) is 0 Å². The van der Waals surface area contributed by atoms with E-state index in [1.54, 1.807) is 7.11 Å². The highest BCUT2D eigenvalue weighted by molar-refractivity contribution is 7.71. The van der Waals surface area contributed by atoms with E-state index in [0.29, 0.717) is 17.9 Å². The van der Waals surface area contributed by atoms with Gasteiger partial charge in [-0.3, -0.25) is 0 Å². The number of aryl methyl sites for hydroxylation is 1. The van der Waals surface area contributed by atoms with E-state index >= 15 is 0 Å². The molecule has 5 heteroatoms. The first-order chi connectivity index (χ1) is 9.63. The molecule has 0 radical (unpaired) electrons. The van der Waals surface area contributed by atoms with Crippen LogP contribution in [0.4, 0.5) is 0 Å². The molecule has 2 rings (SSSR count). The van der Waals surface area contributed by atoms with E-state index in [0.717, 1.165) is 28.4 Å². The van der Waals surface area contributed by atoms with Crippen molar-refractivity contribution in [2.45, 2.75) is 20.5 Å². The number of benzene rings is 1. The Hall–Kier alpha value is -1.72. The zero-order valence-electron chi connectivity index (χ0n) is 11.9. The standard InChI is InChI=1S/C15H18N2O2S/c1-4-19-9-14-16-12(8-15(20)17-14)11-7-10(2)5-6-13(11)18-3/h5-8H,4,9H2,1-3H3,(H,16,17,20). The van der Waals surface area contributed by atoms with Crippen LogP contribution in [0.15, 0.2) is 24.3 Å². The van der Waals surface area contributed by atoms with Gasteiger partial charge in [0.05, 0.1) is 12.8 Å². The predicted molar refractivity (Wildman–Crippen MR) is 81.5 cm³/mol. The van der Waals surface area contributed by atoms with Crippen LogP contribution in [0.25, 0.3) is 11.3 Å². The van der Waals surface area contributed by atoms with Gasteiger partial charge in [-0.15, -0.1) is 0 Å². The lowest BCUT2D eigenvalue weighted by Gasteiger charge is -2.11. The van der Waals surface area contributed by atoms with Crippen molar-refractivity contribution in [3.63, 3.8) is 0 Å². The second-order valence-corrected chi connectivity index (χ2v) is 4.84. The molecular formula is C15H18N2O2S. The monoisotopic (exact) mass is 290 g/mol. The molecule has 0 fully saturated rings. The van der Waals surface area contributed by atoms with Crippen molar-refractivity contribution in [2.24, 2.45) is 0 Å². The number of aromatic nitrogens is 2. The third-order valence-corrected chi connectivity index (χ3v) is 3.09. The summed E-state index contributed by atoms with van der Waals surface area (Å²) in [5.41, 5.74) is 3.02. The van der Waals surface area contributed by atoms with E-state index in [1.807, 2.05) is 32.0 Å². The SMILES string of the molecule is CCOCc1nc(=S)cc(-c2cc(C)ccc2OC)[nH]1. The van der Waals surface area contributed by atoms with Gasteiger partial charge in [-0.2, -0.15) is 0 Å². The van der Waals surface area contributed by atoms with Crippen molar-refractivity contribution >= 4 is 12.2 Å². The third-order valence-electron chi connectivity index (χ3n) is 2.88. The molecular weight excluding hydrogens is 272 g/mol. The van der Waals surface area contributed by atoms with Gasteiger partial charge in [0.25, 0.3) is 0 Å². The summed E-state index contributed by atoms with van der Waals surface area (Å²) in [6, 6.07) is 7.86. The Morgan fingerprint density at radius 1 is 1.30 bits per heavy atom. The van der Waals surface area contributed by atoms with Crippen LogP contribution in [0.5, 0.6) is 5.75 Å². The van der Waals surface area contributed by atoms with E-state index < -0.39 is 0 Å². The van der Waals surface area contributed by atoms with Gasteiger partial charge in [0.15, 0.2) is 0 Å². The Labute approximate surface area is 123 Å². The summed E-state index contributed by atoms with van der Waals surface area (Å²) < 4.78 is 11.3. The van der Waals surface area contributed by atoms with Gasteiger partial charge in [-0.1, -0.05) is 23.8 Å². The zero-order valence-corrected chi connectivity index (χ0v) is 12.7. The lowest BCUT2D eigenvalue weighted by molar-refractivity contribution is 0.128. The summed E-state index contributed by atoms with van der Waals surface area (Å²) in [4.78, 5) is 7.52. The molecule has 1 aromatic heterocycles. The van der Waals surface area contributed by atoms with Gasteiger partial charge in [-0.05, 0) is 32.0 Å². The molecule has 1 aromatic carbocycles. The number of nitrogens with zero attached hydrogens (tertiary/aromatic N) is 1. The molecule has 0 unspecified atom stereocenters. The number of hydrogen-bond donors (Lipinski definition) is 1. The van der Waals surface area contributed by atoms with Crippen LogP contribution in [-0.2, 0) is 11.3 Å². The predicted octanol–water partition coefficient (Wildman–Crippen LogP) is 3.66. The highest BCUT2D eigenvalue weighted by atomic mass is 32.1. The fourth-order valence-corrected chi connectivity index (χ4v) is 2.18. The largest absolute Gasteiger partial charge is 0.496 e. The van der Waals surface area contributed by atoms with Crippen LogP contribution in [0.3, 0.4) is 0 Å². The van der Waals surface area contributed by atoms with Crippen molar-refractivity contribution in [3.8, 4) is 17.0 Å². The van der Waals surface area contributed by atoms with Crippen LogP contribution in [0.1, 0.15) is 18.3 Å². The molecule has 2 aromatic rings. The second kappa shape index (κ2) is 6.63. The number of ether oxygens (including phenoxy) is 2. The van der Waals surface area contributed by atoms with Gasteiger partial charge < -0.3 is 14.5 Å². The molecule has 0 saturated carbocycles. The van der Waals surface area contributed by atoms with Crippen LogP contribution in [-0.4, -0.2) is 23.7 Å². The molecule has 106 valence electrons. The number of rotatable bonds is 5. The number of H-pyrrole nitrogens is 1. The Morgan fingerprint density at radius 3 is 2.80 bits per heavy atom. The van der Waals surface area contributed by atoms with Gasteiger partial charge in [-0.25, -0.2) is 4.98 Å². The van der Waals surface area contributed by atoms with Gasteiger partial charge in [0.1, 0.15) is 22.8 Å². The van der Waals surface area contributed by atoms with E-state index in [9.17, 15) is 0 Å². The van der Waals surface area contributed by atoms with Crippen molar-refractivity contribution < 1.29 is 9.47 Å². The summed E-state index contributed by atoms with van der Waals surface area (Å²) in [6.07, 6.45) is 0. The minimum Gasteiger partial charge on any atom is -0.496 e. The molecule has 20 heavy (non-hydrogen) atoms. The smallest absolute Gasteiger partial charge is 0.134 e. The Bertz CT molecular complexity index is 653.